The molecule has 0 amide bonds. The number of hydrogen-bond donors (Lipinski definition) is 1. The van der Waals surface area contributed by atoms with Gasteiger partial charge >= 0.3 is 6.18 Å². The molecule has 1 unspecified atom stereocenters. The molecule has 1 saturated heterocycles. The number of pyridine rings is 1. The van der Waals surface area contributed by atoms with Crippen molar-refractivity contribution in [3.05, 3.63) is 30.3 Å². The minimum Gasteiger partial charge on any atom is -0.442 e. The van der Waals surface area contributed by atoms with Crippen LogP contribution >= 0.6 is 0 Å². The molecular weight excluding hydrogens is 285 g/mol. The molecule has 0 saturated carbocycles. The summed E-state index contributed by atoms with van der Waals surface area (Å²) < 4.78 is 44.1. The van der Waals surface area contributed by atoms with Gasteiger partial charge in [-0.2, -0.15) is 13.2 Å². The van der Waals surface area contributed by atoms with Crippen molar-refractivity contribution in [3.63, 3.8) is 0 Å². The summed E-state index contributed by atoms with van der Waals surface area (Å²) in [6.45, 7) is 1.08. The zero-order valence-corrected chi connectivity index (χ0v) is 11.0. The van der Waals surface area contributed by atoms with Crippen LogP contribution in [0.3, 0.4) is 0 Å². The highest BCUT2D eigenvalue weighted by molar-refractivity contribution is 5.58. The van der Waals surface area contributed by atoms with Crippen LogP contribution in [0.25, 0.3) is 11.5 Å². The van der Waals surface area contributed by atoms with Crippen LogP contribution in [0.5, 0.6) is 0 Å². The Morgan fingerprint density at radius 3 is 2.71 bits per heavy atom. The first-order valence-corrected chi connectivity index (χ1v) is 6.42. The molecule has 3 heterocycles. The molecule has 0 aliphatic carbocycles. The third-order valence-corrected chi connectivity index (χ3v) is 3.37. The Hall–Kier alpha value is -2.09. The largest absolute Gasteiger partial charge is 0.442 e. The predicted molar refractivity (Wildman–Crippen MR) is 69.5 cm³/mol. The third kappa shape index (κ3) is 2.85. The van der Waals surface area contributed by atoms with Crippen molar-refractivity contribution in [1.82, 2.24) is 9.97 Å². The second-order valence-electron chi connectivity index (χ2n) is 4.96. The molecule has 2 N–H and O–H groups in total. The highest BCUT2D eigenvalue weighted by atomic mass is 19.4. The van der Waals surface area contributed by atoms with E-state index in [9.17, 15) is 13.2 Å². The number of alkyl halides is 3. The minimum absolute atomic E-state index is 0.0462. The van der Waals surface area contributed by atoms with E-state index >= 15 is 0 Å². The maximum Gasteiger partial charge on any atom is 0.416 e. The second-order valence-corrected chi connectivity index (χ2v) is 4.96. The van der Waals surface area contributed by atoms with Crippen molar-refractivity contribution < 1.29 is 17.6 Å². The molecule has 0 aromatic carbocycles. The lowest BCUT2D eigenvalue weighted by Crippen LogP contribution is -2.27. The number of nitrogens with two attached hydrogens (primary N) is 1. The van der Waals surface area contributed by atoms with Gasteiger partial charge in [0.25, 0.3) is 0 Å². The Kier molecular flexibility index (Phi) is 3.32. The number of oxazole rings is 1. The van der Waals surface area contributed by atoms with E-state index < -0.39 is 11.7 Å². The predicted octanol–water partition coefficient (Wildman–Crippen LogP) is 2.29. The molecule has 2 aromatic heterocycles. The SMILES string of the molecule is NC1CCN(c2cc(C(F)(F)F)cc(-c3cnco3)n2)C1. The van der Waals surface area contributed by atoms with Gasteiger partial charge in [-0.3, -0.25) is 0 Å². The third-order valence-electron chi connectivity index (χ3n) is 3.37. The van der Waals surface area contributed by atoms with Crippen molar-refractivity contribution in [2.24, 2.45) is 5.73 Å². The number of aromatic nitrogens is 2. The number of nitrogens with zero attached hydrogens (tertiary/aromatic N) is 3. The highest BCUT2D eigenvalue weighted by Crippen LogP contribution is 2.34. The molecule has 2 aromatic rings. The fourth-order valence-corrected chi connectivity index (χ4v) is 2.31. The molecule has 112 valence electrons. The van der Waals surface area contributed by atoms with E-state index in [2.05, 4.69) is 9.97 Å². The Bertz CT molecular complexity index is 627. The van der Waals surface area contributed by atoms with Crippen LogP contribution in [0.4, 0.5) is 19.0 Å². The van der Waals surface area contributed by atoms with E-state index in [-0.39, 0.29) is 23.3 Å². The molecule has 5 nitrogen and oxygen atoms in total. The maximum absolute atomic E-state index is 13.0. The molecular formula is C13H13F3N4O. The lowest BCUT2D eigenvalue weighted by Gasteiger charge is -2.19. The average Bonchev–Trinajstić information content (AvgIpc) is 3.08. The molecule has 1 fully saturated rings. The van der Waals surface area contributed by atoms with Crippen LogP contribution in [0.2, 0.25) is 0 Å². The first kappa shape index (κ1) is 13.9. The van der Waals surface area contributed by atoms with Gasteiger partial charge < -0.3 is 15.1 Å². The van der Waals surface area contributed by atoms with Gasteiger partial charge in [0, 0.05) is 19.1 Å². The van der Waals surface area contributed by atoms with Gasteiger partial charge in [0.2, 0.25) is 0 Å². The van der Waals surface area contributed by atoms with E-state index in [4.69, 9.17) is 10.2 Å². The molecule has 8 heteroatoms. The molecule has 1 aliphatic rings. The zero-order valence-electron chi connectivity index (χ0n) is 11.0. The van der Waals surface area contributed by atoms with Crippen molar-refractivity contribution >= 4 is 5.82 Å². The van der Waals surface area contributed by atoms with Crippen molar-refractivity contribution in [2.45, 2.75) is 18.6 Å². The van der Waals surface area contributed by atoms with E-state index in [1.54, 1.807) is 4.90 Å². The first-order chi connectivity index (χ1) is 9.93. The molecule has 3 rings (SSSR count). The molecule has 0 spiro atoms. The second kappa shape index (κ2) is 5.03. The van der Waals surface area contributed by atoms with Gasteiger partial charge in [0.15, 0.2) is 12.2 Å². The van der Waals surface area contributed by atoms with Crippen LogP contribution < -0.4 is 10.6 Å². The Morgan fingerprint density at radius 2 is 2.14 bits per heavy atom. The summed E-state index contributed by atoms with van der Waals surface area (Å²) in [6, 6.07) is 1.95. The fourth-order valence-electron chi connectivity index (χ4n) is 2.31. The summed E-state index contributed by atoms with van der Waals surface area (Å²) >= 11 is 0. The molecule has 1 atom stereocenters. The summed E-state index contributed by atoms with van der Waals surface area (Å²) in [6.07, 6.45) is -1.23. The number of halogens is 3. The fraction of sp³-hybridized carbons (Fsp3) is 0.385. The Balaban J connectivity index is 2.05. The lowest BCUT2D eigenvalue weighted by molar-refractivity contribution is -0.137. The van der Waals surface area contributed by atoms with Gasteiger partial charge in [-0.15, -0.1) is 0 Å². The maximum atomic E-state index is 13.0. The highest BCUT2D eigenvalue weighted by Gasteiger charge is 2.33. The normalized spacial score (nSPS) is 19.2. The minimum atomic E-state index is -4.45. The van der Waals surface area contributed by atoms with Crippen molar-refractivity contribution in [3.8, 4) is 11.5 Å². The summed E-state index contributed by atoms with van der Waals surface area (Å²) in [4.78, 5) is 9.70. The van der Waals surface area contributed by atoms with Crippen molar-refractivity contribution in [2.75, 3.05) is 18.0 Å². The van der Waals surface area contributed by atoms with Crippen LogP contribution in [0.15, 0.2) is 29.1 Å². The van der Waals surface area contributed by atoms with Crippen LogP contribution in [0, 0.1) is 0 Å². The van der Waals surface area contributed by atoms with E-state index in [0.29, 0.717) is 13.1 Å². The van der Waals surface area contributed by atoms with Crippen LogP contribution in [0.1, 0.15) is 12.0 Å². The summed E-state index contributed by atoms with van der Waals surface area (Å²) in [5.74, 6) is 0.454. The number of hydrogen-bond acceptors (Lipinski definition) is 5. The van der Waals surface area contributed by atoms with E-state index in [0.717, 1.165) is 24.9 Å². The molecule has 21 heavy (non-hydrogen) atoms. The topological polar surface area (TPSA) is 68.2 Å². The molecule has 0 radical (unpaired) electrons. The summed E-state index contributed by atoms with van der Waals surface area (Å²) in [7, 11) is 0. The molecule has 1 aliphatic heterocycles. The van der Waals surface area contributed by atoms with Gasteiger partial charge in [-0.25, -0.2) is 9.97 Å². The molecule has 0 bridgehead atoms. The quantitative estimate of drug-likeness (QED) is 0.921. The van der Waals surface area contributed by atoms with Gasteiger partial charge in [-0.05, 0) is 18.6 Å². The average molecular weight is 298 g/mol. The van der Waals surface area contributed by atoms with Crippen LogP contribution in [-0.4, -0.2) is 29.1 Å². The summed E-state index contributed by atoms with van der Waals surface area (Å²) in [5.41, 5.74) is 5.14. The van der Waals surface area contributed by atoms with Gasteiger partial charge in [0.05, 0.1) is 11.8 Å². The smallest absolute Gasteiger partial charge is 0.416 e. The monoisotopic (exact) mass is 298 g/mol. The number of anilines is 1. The van der Waals surface area contributed by atoms with E-state index in [1.165, 1.54) is 6.20 Å². The first-order valence-electron chi connectivity index (χ1n) is 6.42. The standard InChI is InChI=1S/C13H13F3N4O/c14-13(15,16)8-3-10(11-5-18-7-21-11)19-12(4-8)20-2-1-9(17)6-20/h3-5,7,9H,1-2,6,17H2. The lowest BCUT2D eigenvalue weighted by atomic mass is 10.2. The Morgan fingerprint density at radius 1 is 1.33 bits per heavy atom. The van der Waals surface area contributed by atoms with Gasteiger partial charge in [0.1, 0.15) is 11.5 Å². The van der Waals surface area contributed by atoms with Gasteiger partial charge in [-0.1, -0.05) is 0 Å². The van der Waals surface area contributed by atoms with E-state index in [1.807, 2.05) is 0 Å². The summed E-state index contributed by atoms with van der Waals surface area (Å²) in [5, 5.41) is 0. The zero-order chi connectivity index (χ0) is 15.0. The van der Waals surface area contributed by atoms with Crippen LogP contribution in [-0.2, 0) is 6.18 Å². The number of rotatable bonds is 2. The van der Waals surface area contributed by atoms with Crippen molar-refractivity contribution in [1.29, 1.82) is 0 Å². The Labute approximate surface area is 118 Å².